The Morgan fingerprint density at radius 2 is 1.53 bits per heavy atom. The lowest BCUT2D eigenvalue weighted by Crippen LogP contribution is -2.53. The number of carboxylic acids is 1. The van der Waals surface area contributed by atoms with E-state index in [-0.39, 0.29) is 18.4 Å². The fourth-order valence-electron chi connectivity index (χ4n) is 4.29. The number of alkyl carbamates (subject to hydrolysis) is 1. The minimum absolute atomic E-state index is 0.00465. The molecule has 0 heterocycles. The van der Waals surface area contributed by atoms with Gasteiger partial charge in [0, 0.05) is 5.92 Å². The standard InChI is InChI=1S/C24H23F3N2O5/c25-24(26,27)11-19(22(31)32)28-21(30)20(13-9-10-13)29-23(33)34-12-18-16-7-3-1-5-14(16)15-6-2-4-8-17(15)18/h1-8,13,18-20H,9-12H2,(H,28,30)(H,29,33)(H,31,32). The van der Waals surface area contributed by atoms with E-state index < -0.39 is 42.7 Å². The molecule has 34 heavy (non-hydrogen) atoms. The van der Waals surface area contributed by atoms with Crippen molar-refractivity contribution in [2.45, 2.75) is 43.4 Å². The summed E-state index contributed by atoms with van der Waals surface area (Å²) in [6, 6.07) is 12.2. The highest BCUT2D eigenvalue weighted by Crippen LogP contribution is 2.44. The van der Waals surface area contributed by atoms with Gasteiger partial charge in [0.25, 0.3) is 0 Å². The van der Waals surface area contributed by atoms with Gasteiger partial charge in [0.15, 0.2) is 0 Å². The van der Waals surface area contributed by atoms with E-state index in [1.807, 2.05) is 53.8 Å². The van der Waals surface area contributed by atoms with Gasteiger partial charge in [0.05, 0.1) is 6.42 Å². The van der Waals surface area contributed by atoms with Crippen LogP contribution in [0, 0.1) is 5.92 Å². The first-order valence-electron chi connectivity index (χ1n) is 10.9. The van der Waals surface area contributed by atoms with Crippen molar-refractivity contribution in [2.24, 2.45) is 5.92 Å². The van der Waals surface area contributed by atoms with Crippen LogP contribution in [0.3, 0.4) is 0 Å². The van der Waals surface area contributed by atoms with E-state index in [1.54, 1.807) is 0 Å². The van der Waals surface area contributed by atoms with Crippen LogP contribution in [-0.4, -0.2) is 47.9 Å². The molecule has 4 rings (SSSR count). The highest BCUT2D eigenvalue weighted by Gasteiger charge is 2.42. The summed E-state index contributed by atoms with van der Waals surface area (Å²) < 4.78 is 43.4. The van der Waals surface area contributed by atoms with Crippen LogP contribution in [0.25, 0.3) is 11.1 Å². The number of aliphatic carboxylic acids is 1. The lowest BCUT2D eigenvalue weighted by Gasteiger charge is -2.22. The Kier molecular flexibility index (Phi) is 6.49. The quantitative estimate of drug-likeness (QED) is 0.537. The van der Waals surface area contributed by atoms with Gasteiger partial charge >= 0.3 is 18.2 Å². The van der Waals surface area contributed by atoms with E-state index in [1.165, 1.54) is 0 Å². The third-order valence-electron chi connectivity index (χ3n) is 6.04. The maximum Gasteiger partial charge on any atom is 0.407 e. The van der Waals surface area contributed by atoms with Gasteiger partial charge in [-0.25, -0.2) is 9.59 Å². The maximum absolute atomic E-state index is 12.7. The predicted molar refractivity (Wildman–Crippen MR) is 115 cm³/mol. The number of rotatable bonds is 8. The molecule has 7 nitrogen and oxygen atoms in total. The van der Waals surface area contributed by atoms with E-state index in [0.29, 0.717) is 12.8 Å². The Balaban J connectivity index is 1.40. The first kappa shape index (κ1) is 23.6. The molecule has 0 bridgehead atoms. The first-order chi connectivity index (χ1) is 16.1. The summed E-state index contributed by atoms with van der Waals surface area (Å²) in [4.78, 5) is 36.2. The molecule has 10 heteroatoms. The molecule has 2 unspecified atom stereocenters. The Bertz CT molecular complexity index is 1050. The number of fused-ring (bicyclic) bond motifs is 3. The second-order valence-electron chi connectivity index (χ2n) is 8.50. The SMILES string of the molecule is O=C(NC(C(=O)NC(CC(F)(F)F)C(=O)O)C1CC1)OCC1c2ccccc2-c2ccccc21. The first-order valence-corrected chi connectivity index (χ1v) is 10.9. The molecule has 0 spiro atoms. The van der Waals surface area contributed by atoms with Gasteiger partial charge < -0.3 is 20.5 Å². The number of alkyl halides is 3. The lowest BCUT2D eigenvalue weighted by atomic mass is 9.98. The van der Waals surface area contributed by atoms with E-state index in [9.17, 15) is 27.6 Å². The molecular formula is C24H23F3N2O5. The van der Waals surface area contributed by atoms with Gasteiger partial charge in [0.2, 0.25) is 5.91 Å². The van der Waals surface area contributed by atoms with Crippen LogP contribution in [0.5, 0.6) is 0 Å². The van der Waals surface area contributed by atoms with Gasteiger partial charge in [-0.1, -0.05) is 48.5 Å². The number of amides is 2. The number of nitrogens with one attached hydrogen (secondary N) is 2. The van der Waals surface area contributed by atoms with Crippen LogP contribution in [0.4, 0.5) is 18.0 Å². The summed E-state index contributed by atoms with van der Waals surface area (Å²) >= 11 is 0. The minimum Gasteiger partial charge on any atom is -0.480 e. The van der Waals surface area contributed by atoms with Crippen LogP contribution in [-0.2, 0) is 14.3 Å². The molecule has 0 radical (unpaired) electrons. The molecule has 0 saturated heterocycles. The van der Waals surface area contributed by atoms with Crippen LogP contribution >= 0.6 is 0 Å². The number of hydrogen-bond donors (Lipinski definition) is 3. The highest BCUT2D eigenvalue weighted by molar-refractivity contribution is 5.89. The third kappa shape index (κ3) is 5.32. The van der Waals surface area contributed by atoms with Crippen molar-refractivity contribution in [3.63, 3.8) is 0 Å². The topological polar surface area (TPSA) is 105 Å². The van der Waals surface area contributed by atoms with E-state index in [4.69, 9.17) is 9.84 Å². The van der Waals surface area contributed by atoms with E-state index in [0.717, 1.165) is 22.3 Å². The largest absolute Gasteiger partial charge is 0.480 e. The summed E-state index contributed by atoms with van der Waals surface area (Å²) in [7, 11) is 0. The van der Waals surface area contributed by atoms with Crippen molar-refractivity contribution < 1.29 is 37.4 Å². The zero-order valence-electron chi connectivity index (χ0n) is 18.0. The Hall–Kier alpha value is -3.56. The average molecular weight is 476 g/mol. The monoisotopic (exact) mass is 476 g/mol. The lowest BCUT2D eigenvalue weighted by molar-refractivity contribution is -0.160. The van der Waals surface area contributed by atoms with Crippen molar-refractivity contribution in [3.8, 4) is 11.1 Å². The van der Waals surface area contributed by atoms with Gasteiger partial charge in [0.1, 0.15) is 18.7 Å². The summed E-state index contributed by atoms with van der Waals surface area (Å²) in [5, 5.41) is 13.3. The molecule has 1 saturated carbocycles. The number of halogens is 3. The molecule has 2 aliphatic rings. The highest BCUT2D eigenvalue weighted by atomic mass is 19.4. The number of carbonyl (C=O) groups excluding carboxylic acids is 2. The van der Waals surface area contributed by atoms with E-state index in [2.05, 4.69) is 5.32 Å². The zero-order chi connectivity index (χ0) is 24.5. The van der Waals surface area contributed by atoms with Gasteiger partial charge in [-0.15, -0.1) is 0 Å². The molecule has 0 aliphatic heterocycles. The smallest absolute Gasteiger partial charge is 0.407 e. The van der Waals surface area contributed by atoms with Gasteiger partial charge in [-0.05, 0) is 41.0 Å². The molecule has 0 aromatic heterocycles. The normalized spacial score (nSPS) is 16.7. The van der Waals surface area contributed by atoms with Crippen molar-refractivity contribution >= 4 is 18.0 Å². The second-order valence-corrected chi connectivity index (χ2v) is 8.50. The average Bonchev–Trinajstić information content (AvgIpc) is 3.57. The molecule has 2 aliphatic carbocycles. The van der Waals surface area contributed by atoms with Gasteiger partial charge in [-0.3, -0.25) is 4.79 Å². The fourth-order valence-corrected chi connectivity index (χ4v) is 4.29. The summed E-state index contributed by atoms with van der Waals surface area (Å²) in [6.07, 6.45) is -6.21. The van der Waals surface area contributed by atoms with Crippen LogP contribution in [0.2, 0.25) is 0 Å². The fraction of sp³-hybridized carbons (Fsp3) is 0.375. The van der Waals surface area contributed by atoms with Crippen molar-refractivity contribution in [3.05, 3.63) is 59.7 Å². The third-order valence-corrected chi connectivity index (χ3v) is 6.04. The molecule has 2 aromatic rings. The predicted octanol–water partition coefficient (Wildman–Crippen LogP) is 3.83. The molecule has 180 valence electrons. The molecule has 3 N–H and O–H groups in total. The van der Waals surface area contributed by atoms with Gasteiger partial charge in [-0.2, -0.15) is 13.2 Å². The summed E-state index contributed by atoms with van der Waals surface area (Å²) in [6.45, 7) is 0.00465. The number of carbonyl (C=O) groups is 3. The van der Waals surface area contributed by atoms with Crippen molar-refractivity contribution in [1.29, 1.82) is 0 Å². The molecular weight excluding hydrogens is 453 g/mol. The molecule has 2 amide bonds. The minimum atomic E-state index is -4.77. The molecule has 2 atom stereocenters. The van der Waals surface area contributed by atoms with Crippen LogP contribution in [0.15, 0.2) is 48.5 Å². The van der Waals surface area contributed by atoms with E-state index >= 15 is 0 Å². The Labute approximate surface area is 193 Å². The number of ether oxygens (including phenoxy) is 1. The zero-order valence-corrected chi connectivity index (χ0v) is 18.0. The van der Waals surface area contributed by atoms with Crippen molar-refractivity contribution in [1.82, 2.24) is 10.6 Å². The second kappa shape index (κ2) is 9.36. The number of hydrogen-bond acceptors (Lipinski definition) is 4. The number of carboxylic acid groups (broad SMARTS) is 1. The Morgan fingerprint density at radius 1 is 0.971 bits per heavy atom. The molecule has 1 fully saturated rings. The molecule has 2 aromatic carbocycles. The maximum atomic E-state index is 12.7. The summed E-state index contributed by atoms with van der Waals surface area (Å²) in [5.74, 6) is -3.27. The summed E-state index contributed by atoms with van der Waals surface area (Å²) in [5.41, 5.74) is 4.10. The van der Waals surface area contributed by atoms with Crippen LogP contribution in [0.1, 0.15) is 36.3 Å². The Morgan fingerprint density at radius 3 is 2.03 bits per heavy atom. The van der Waals surface area contributed by atoms with Crippen LogP contribution < -0.4 is 10.6 Å². The number of benzene rings is 2. The van der Waals surface area contributed by atoms with Crippen molar-refractivity contribution in [2.75, 3.05) is 6.61 Å².